The van der Waals surface area contributed by atoms with Gasteiger partial charge in [0.25, 0.3) is 0 Å². The fraction of sp³-hybridized carbons (Fsp3) is 0.250. The Morgan fingerprint density at radius 2 is 2.05 bits per heavy atom. The number of Topliss-reactive ketones (excluding diaryl/α,β-unsaturated/α-hetero) is 1. The van der Waals surface area contributed by atoms with Gasteiger partial charge in [-0.25, -0.2) is 0 Å². The molecule has 0 unspecified atom stereocenters. The van der Waals surface area contributed by atoms with Gasteiger partial charge in [-0.2, -0.15) is 0 Å². The summed E-state index contributed by atoms with van der Waals surface area (Å²) in [4.78, 5) is 24.1. The smallest absolute Gasteiger partial charge is 0.313 e. The quantitative estimate of drug-likeness (QED) is 0.773. The molecule has 0 N–H and O–H groups in total. The van der Waals surface area contributed by atoms with Crippen molar-refractivity contribution in [2.75, 3.05) is 6.61 Å². The molecule has 0 amide bonds. The number of benzene rings is 2. The second kappa shape index (κ2) is 4.50. The van der Waals surface area contributed by atoms with Crippen molar-refractivity contribution in [1.29, 1.82) is 0 Å². The van der Waals surface area contributed by atoms with E-state index in [1.165, 1.54) is 0 Å². The van der Waals surface area contributed by atoms with Gasteiger partial charge < -0.3 is 4.74 Å². The molecule has 2 aromatic carbocycles. The van der Waals surface area contributed by atoms with E-state index < -0.39 is 5.92 Å². The summed E-state index contributed by atoms with van der Waals surface area (Å²) < 4.78 is 5.05. The predicted molar refractivity (Wildman–Crippen MR) is 72.3 cm³/mol. The Balaban J connectivity index is 2.16. The van der Waals surface area contributed by atoms with Crippen LogP contribution >= 0.6 is 0 Å². The van der Waals surface area contributed by atoms with Crippen LogP contribution in [-0.2, 0) is 9.53 Å². The summed E-state index contributed by atoms with van der Waals surface area (Å²) in [6.07, 6.45) is 0.224. The fourth-order valence-electron chi connectivity index (χ4n) is 2.74. The molecule has 19 heavy (non-hydrogen) atoms. The monoisotopic (exact) mass is 254 g/mol. The Bertz CT molecular complexity index is 673. The van der Waals surface area contributed by atoms with Crippen LogP contribution in [0.25, 0.3) is 10.8 Å². The molecular weight excluding hydrogens is 240 g/mol. The lowest BCUT2D eigenvalue weighted by Crippen LogP contribution is -2.13. The molecule has 0 bridgehead atoms. The molecule has 0 aliphatic heterocycles. The molecule has 3 nitrogen and oxygen atoms in total. The van der Waals surface area contributed by atoms with Crippen LogP contribution in [0.2, 0.25) is 0 Å². The minimum absolute atomic E-state index is 0.0323. The van der Waals surface area contributed by atoms with Crippen molar-refractivity contribution in [2.24, 2.45) is 0 Å². The molecule has 1 aliphatic rings. The van der Waals surface area contributed by atoms with E-state index in [9.17, 15) is 9.59 Å². The third-order valence-corrected chi connectivity index (χ3v) is 3.58. The molecule has 0 saturated carbocycles. The first-order valence-corrected chi connectivity index (χ1v) is 6.44. The maximum atomic E-state index is 12.2. The zero-order valence-corrected chi connectivity index (χ0v) is 10.7. The van der Waals surface area contributed by atoms with Crippen LogP contribution in [0.4, 0.5) is 0 Å². The van der Waals surface area contributed by atoms with E-state index in [1.807, 2.05) is 36.4 Å². The third kappa shape index (κ3) is 1.82. The average molecular weight is 254 g/mol. The number of hydrogen-bond acceptors (Lipinski definition) is 3. The van der Waals surface area contributed by atoms with Crippen molar-refractivity contribution < 1.29 is 14.3 Å². The third-order valence-electron chi connectivity index (χ3n) is 3.58. The molecule has 0 radical (unpaired) electrons. The van der Waals surface area contributed by atoms with Crippen molar-refractivity contribution in [3.05, 3.63) is 47.5 Å². The molecule has 1 atom stereocenters. The van der Waals surface area contributed by atoms with Crippen molar-refractivity contribution >= 4 is 22.5 Å². The van der Waals surface area contributed by atoms with Crippen molar-refractivity contribution in [1.82, 2.24) is 0 Å². The number of esters is 1. The van der Waals surface area contributed by atoms with E-state index in [1.54, 1.807) is 6.92 Å². The van der Waals surface area contributed by atoms with E-state index >= 15 is 0 Å². The van der Waals surface area contributed by atoms with Crippen LogP contribution in [0.15, 0.2) is 36.4 Å². The molecule has 0 fully saturated rings. The van der Waals surface area contributed by atoms with Crippen molar-refractivity contribution in [3.8, 4) is 0 Å². The molecule has 0 heterocycles. The molecule has 0 aromatic heterocycles. The summed E-state index contributed by atoms with van der Waals surface area (Å²) in [5.41, 5.74) is 1.50. The highest BCUT2D eigenvalue weighted by molar-refractivity contribution is 6.14. The zero-order chi connectivity index (χ0) is 13.4. The second-order valence-electron chi connectivity index (χ2n) is 4.68. The Morgan fingerprint density at radius 1 is 1.26 bits per heavy atom. The maximum absolute atomic E-state index is 12.2. The minimum atomic E-state index is -0.438. The number of hydrogen-bond donors (Lipinski definition) is 0. The van der Waals surface area contributed by atoms with Gasteiger partial charge in [-0.1, -0.05) is 36.4 Å². The summed E-state index contributed by atoms with van der Waals surface area (Å²) >= 11 is 0. The van der Waals surface area contributed by atoms with Gasteiger partial charge >= 0.3 is 5.97 Å². The highest BCUT2D eigenvalue weighted by Crippen LogP contribution is 2.38. The molecule has 96 valence electrons. The van der Waals surface area contributed by atoms with Gasteiger partial charge in [-0.15, -0.1) is 0 Å². The van der Waals surface area contributed by atoms with Gasteiger partial charge in [-0.05, 0) is 23.3 Å². The van der Waals surface area contributed by atoms with Gasteiger partial charge in [0.1, 0.15) is 0 Å². The Kier molecular flexibility index (Phi) is 2.82. The standard InChI is InChI=1S/C16H14O3/c1-2-19-16(18)13-9-14(17)15-11-6-4-3-5-10(11)7-8-12(13)15/h3-8,13H,2,9H2,1H3/t13-/m1/s1. The lowest BCUT2D eigenvalue weighted by molar-refractivity contribution is -0.144. The fourth-order valence-corrected chi connectivity index (χ4v) is 2.74. The first-order valence-electron chi connectivity index (χ1n) is 6.44. The van der Waals surface area contributed by atoms with Crippen LogP contribution in [0.1, 0.15) is 35.2 Å². The van der Waals surface area contributed by atoms with Crippen LogP contribution in [0.3, 0.4) is 0 Å². The topological polar surface area (TPSA) is 43.4 Å². The zero-order valence-electron chi connectivity index (χ0n) is 10.7. The number of ketones is 1. The molecular formula is C16H14O3. The second-order valence-corrected chi connectivity index (χ2v) is 4.68. The van der Waals surface area contributed by atoms with Gasteiger partial charge in [0.05, 0.1) is 12.5 Å². The van der Waals surface area contributed by atoms with Gasteiger partial charge in [0.2, 0.25) is 0 Å². The first-order chi connectivity index (χ1) is 9.22. The van der Waals surface area contributed by atoms with Crippen LogP contribution < -0.4 is 0 Å². The van der Waals surface area contributed by atoms with E-state index in [0.717, 1.165) is 16.3 Å². The summed E-state index contributed by atoms with van der Waals surface area (Å²) in [7, 11) is 0. The van der Waals surface area contributed by atoms with Gasteiger partial charge in [0.15, 0.2) is 5.78 Å². The maximum Gasteiger partial charge on any atom is 0.313 e. The van der Waals surface area contributed by atoms with Gasteiger partial charge in [0, 0.05) is 12.0 Å². The van der Waals surface area contributed by atoms with Crippen LogP contribution in [0.5, 0.6) is 0 Å². The first kappa shape index (κ1) is 11.9. The Labute approximate surface area is 111 Å². The molecule has 0 saturated heterocycles. The molecule has 1 aliphatic carbocycles. The summed E-state index contributed by atoms with van der Waals surface area (Å²) in [5.74, 6) is -0.707. The summed E-state index contributed by atoms with van der Waals surface area (Å²) in [5, 5.41) is 1.95. The number of ether oxygens (including phenoxy) is 1. The van der Waals surface area contributed by atoms with E-state index in [2.05, 4.69) is 0 Å². The SMILES string of the molecule is CCOC(=O)[C@@H]1CC(=O)c2c1ccc1ccccc21. The lowest BCUT2D eigenvalue weighted by atomic mass is 9.97. The van der Waals surface area contributed by atoms with E-state index in [0.29, 0.717) is 12.2 Å². The van der Waals surface area contributed by atoms with Crippen LogP contribution in [0, 0.1) is 0 Å². The summed E-state index contributed by atoms with van der Waals surface area (Å²) in [6.45, 7) is 2.11. The van der Waals surface area contributed by atoms with Crippen LogP contribution in [-0.4, -0.2) is 18.4 Å². The largest absolute Gasteiger partial charge is 0.466 e. The Morgan fingerprint density at radius 3 is 2.84 bits per heavy atom. The number of carbonyl (C=O) groups excluding carboxylic acids is 2. The lowest BCUT2D eigenvalue weighted by Gasteiger charge is -2.10. The number of fused-ring (bicyclic) bond motifs is 3. The minimum Gasteiger partial charge on any atom is -0.466 e. The number of carbonyl (C=O) groups is 2. The molecule has 2 aromatic rings. The van der Waals surface area contributed by atoms with Crippen molar-refractivity contribution in [2.45, 2.75) is 19.3 Å². The molecule has 3 rings (SSSR count). The van der Waals surface area contributed by atoms with Crippen molar-refractivity contribution in [3.63, 3.8) is 0 Å². The average Bonchev–Trinajstić information content (AvgIpc) is 2.77. The van der Waals surface area contributed by atoms with E-state index in [4.69, 9.17) is 4.74 Å². The predicted octanol–water partition coefficient (Wildman–Crippen LogP) is 3.07. The normalized spacial score (nSPS) is 17.5. The number of rotatable bonds is 2. The highest BCUT2D eigenvalue weighted by atomic mass is 16.5. The molecule has 0 spiro atoms. The summed E-state index contributed by atoms with van der Waals surface area (Å²) in [6, 6.07) is 11.6. The van der Waals surface area contributed by atoms with E-state index in [-0.39, 0.29) is 18.2 Å². The molecule has 3 heteroatoms. The van der Waals surface area contributed by atoms with Gasteiger partial charge in [-0.3, -0.25) is 9.59 Å². The Hall–Kier alpha value is -2.16. The highest BCUT2D eigenvalue weighted by Gasteiger charge is 2.36.